The van der Waals surface area contributed by atoms with Crippen molar-refractivity contribution in [1.29, 1.82) is 0 Å². The molecule has 0 bridgehead atoms. The number of nitrogens with one attached hydrogen (secondary N) is 3. The number of aromatic nitrogens is 2. The van der Waals surface area contributed by atoms with Gasteiger partial charge in [0.25, 0.3) is 5.91 Å². The molecule has 2 aromatic rings. The highest BCUT2D eigenvalue weighted by molar-refractivity contribution is 5.94. The van der Waals surface area contributed by atoms with E-state index in [1.165, 1.54) is 12.3 Å². The summed E-state index contributed by atoms with van der Waals surface area (Å²) in [6.07, 6.45) is 4.68. The van der Waals surface area contributed by atoms with Gasteiger partial charge in [0.1, 0.15) is 5.82 Å². The zero-order chi connectivity index (χ0) is 13.7. The Morgan fingerprint density at radius 2 is 2.37 bits per heavy atom. The van der Waals surface area contributed by atoms with Crippen molar-refractivity contribution in [2.45, 2.75) is 13.0 Å². The lowest BCUT2D eigenvalue weighted by molar-refractivity contribution is -0.120. The maximum Gasteiger partial charge on any atom is 0.287 e. The molecule has 0 aromatic carbocycles. The second-order valence-corrected chi connectivity index (χ2v) is 3.92. The number of H-pyrrole nitrogens is 1. The first-order chi connectivity index (χ1) is 9.16. The zero-order valence-electron chi connectivity index (χ0n) is 10.3. The van der Waals surface area contributed by atoms with Gasteiger partial charge < -0.3 is 20.0 Å². The Labute approximate surface area is 109 Å². The monoisotopic (exact) mass is 262 g/mol. The van der Waals surface area contributed by atoms with Gasteiger partial charge in [-0.05, 0) is 19.1 Å². The number of amides is 2. The predicted molar refractivity (Wildman–Crippen MR) is 66.2 cm³/mol. The van der Waals surface area contributed by atoms with Crippen LogP contribution in [-0.2, 0) is 4.79 Å². The summed E-state index contributed by atoms with van der Waals surface area (Å²) in [5, 5.41) is 5.17. The number of hydrogen-bond acceptors (Lipinski definition) is 4. The maximum atomic E-state index is 11.6. The summed E-state index contributed by atoms with van der Waals surface area (Å²) in [5.41, 5.74) is 0. The molecule has 0 saturated carbocycles. The van der Waals surface area contributed by atoms with Crippen molar-refractivity contribution in [2.24, 2.45) is 0 Å². The van der Waals surface area contributed by atoms with E-state index in [0.717, 1.165) is 0 Å². The molecule has 0 aliphatic heterocycles. The van der Waals surface area contributed by atoms with E-state index in [-0.39, 0.29) is 24.3 Å². The summed E-state index contributed by atoms with van der Waals surface area (Å²) in [6, 6.07) is 2.88. The van der Waals surface area contributed by atoms with Crippen LogP contribution in [0.25, 0.3) is 0 Å². The normalized spacial score (nSPS) is 11.8. The second kappa shape index (κ2) is 5.85. The van der Waals surface area contributed by atoms with Crippen LogP contribution in [0.4, 0.5) is 0 Å². The summed E-state index contributed by atoms with van der Waals surface area (Å²) in [7, 11) is 0. The molecule has 0 radical (unpaired) electrons. The van der Waals surface area contributed by atoms with E-state index in [2.05, 4.69) is 20.6 Å². The summed E-state index contributed by atoms with van der Waals surface area (Å²) < 4.78 is 4.91. The van der Waals surface area contributed by atoms with Crippen LogP contribution in [0.5, 0.6) is 0 Å². The van der Waals surface area contributed by atoms with Crippen molar-refractivity contribution >= 4 is 11.8 Å². The Balaban J connectivity index is 1.77. The fourth-order valence-corrected chi connectivity index (χ4v) is 1.53. The fraction of sp³-hybridized carbons (Fsp3) is 0.250. The minimum atomic E-state index is -0.425. The van der Waals surface area contributed by atoms with Crippen LogP contribution in [0.1, 0.15) is 29.3 Å². The molecule has 2 rings (SSSR count). The van der Waals surface area contributed by atoms with Crippen molar-refractivity contribution in [2.75, 3.05) is 6.54 Å². The first-order valence-corrected chi connectivity index (χ1v) is 5.77. The van der Waals surface area contributed by atoms with Gasteiger partial charge in [-0.1, -0.05) is 0 Å². The number of rotatable bonds is 5. The smallest absolute Gasteiger partial charge is 0.287 e. The van der Waals surface area contributed by atoms with Gasteiger partial charge in [-0.15, -0.1) is 0 Å². The Bertz CT molecular complexity index is 533. The molecular formula is C12H14N4O3. The van der Waals surface area contributed by atoms with Gasteiger partial charge in [-0.3, -0.25) is 9.59 Å². The lowest BCUT2D eigenvalue weighted by atomic mass is 10.3. The van der Waals surface area contributed by atoms with Gasteiger partial charge in [0.05, 0.1) is 18.8 Å². The molecule has 0 saturated heterocycles. The molecule has 0 aliphatic carbocycles. The number of hydrogen-bond donors (Lipinski definition) is 3. The maximum absolute atomic E-state index is 11.6. The van der Waals surface area contributed by atoms with Gasteiger partial charge in [-0.25, -0.2) is 4.98 Å². The van der Waals surface area contributed by atoms with E-state index in [9.17, 15) is 9.59 Å². The molecule has 19 heavy (non-hydrogen) atoms. The quantitative estimate of drug-likeness (QED) is 0.735. The highest BCUT2D eigenvalue weighted by Gasteiger charge is 2.13. The molecule has 2 amide bonds. The summed E-state index contributed by atoms with van der Waals surface area (Å²) in [5.74, 6) is 0.104. The van der Waals surface area contributed by atoms with Crippen molar-refractivity contribution in [3.8, 4) is 0 Å². The van der Waals surface area contributed by atoms with Gasteiger partial charge in [0.2, 0.25) is 5.91 Å². The molecular weight excluding hydrogens is 248 g/mol. The van der Waals surface area contributed by atoms with Crippen LogP contribution in [0, 0.1) is 0 Å². The highest BCUT2D eigenvalue weighted by atomic mass is 16.3. The topological polar surface area (TPSA) is 100 Å². The van der Waals surface area contributed by atoms with Crippen molar-refractivity contribution in [3.05, 3.63) is 42.4 Å². The largest absolute Gasteiger partial charge is 0.459 e. The van der Waals surface area contributed by atoms with Crippen LogP contribution in [0.15, 0.2) is 35.2 Å². The van der Waals surface area contributed by atoms with E-state index in [4.69, 9.17) is 4.42 Å². The van der Waals surface area contributed by atoms with Crippen molar-refractivity contribution in [3.63, 3.8) is 0 Å². The number of furan rings is 1. The number of nitrogens with zero attached hydrogens (tertiary/aromatic N) is 1. The van der Waals surface area contributed by atoms with Crippen LogP contribution in [0.3, 0.4) is 0 Å². The molecule has 2 aromatic heterocycles. The summed E-state index contributed by atoms with van der Waals surface area (Å²) >= 11 is 0. The first-order valence-electron chi connectivity index (χ1n) is 5.77. The molecule has 100 valence electrons. The molecule has 0 fully saturated rings. The van der Waals surface area contributed by atoms with E-state index in [1.54, 1.807) is 25.4 Å². The lowest BCUT2D eigenvalue weighted by Gasteiger charge is -2.11. The standard InChI is InChI=1S/C12H14N4O3/c1-8(11-13-4-5-14-11)16-10(17)7-15-12(18)9-3-2-6-19-9/h2-6,8H,7H2,1H3,(H,13,14)(H,15,18)(H,16,17). The van der Waals surface area contributed by atoms with Gasteiger partial charge >= 0.3 is 0 Å². The van der Waals surface area contributed by atoms with Crippen LogP contribution < -0.4 is 10.6 Å². The molecule has 0 aliphatic rings. The zero-order valence-corrected chi connectivity index (χ0v) is 10.3. The molecule has 1 unspecified atom stereocenters. The van der Waals surface area contributed by atoms with Crippen molar-refractivity contribution in [1.82, 2.24) is 20.6 Å². The van der Waals surface area contributed by atoms with Crippen LogP contribution in [0.2, 0.25) is 0 Å². The van der Waals surface area contributed by atoms with E-state index >= 15 is 0 Å². The SMILES string of the molecule is CC(NC(=O)CNC(=O)c1ccco1)c1ncc[nH]1. The van der Waals surface area contributed by atoms with E-state index in [0.29, 0.717) is 5.82 Å². The number of carbonyl (C=O) groups is 2. The third-order valence-corrected chi connectivity index (χ3v) is 2.46. The molecule has 7 heteroatoms. The predicted octanol–water partition coefficient (Wildman–Crippen LogP) is 0.610. The molecule has 0 spiro atoms. The van der Waals surface area contributed by atoms with Crippen LogP contribution in [-0.4, -0.2) is 28.3 Å². The number of imidazole rings is 1. The number of carbonyl (C=O) groups excluding carboxylic acids is 2. The minimum absolute atomic E-state index is 0.120. The average Bonchev–Trinajstić information content (AvgIpc) is 3.07. The fourth-order valence-electron chi connectivity index (χ4n) is 1.53. The number of aromatic amines is 1. The molecule has 1 atom stereocenters. The third kappa shape index (κ3) is 3.44. The Kier molecular flexibility index (Phi) is 3.97. The summed E-state index contributed by atoms with van der Waals surface area (Å²) in [4.78, 5) is 30.1. The van der Waals surface area contributed by atoms with E-state index in [1.807, 2.05) is 0 Å². The Morgan fingerprint density at radius 3 is 3.00 bits per heavy atom. The van der Waals surface area contributed by atoms with Gasteiger partial charge in [0.15, 0.2) is 5.76 Å². The van der Waals surface area contributed by atoms with E-state index < -0.39 is 5.91 Å². The minimum Gasteiger partial charge on any atom is -0.459 e. The molecule has 7 nitrogen and oxygen atoms in total. The second-order valence-electron chi connectivity index (χ2n) is 3.92. The average molecular weight is 262 g/mol. The Morgan fingerprint density at radius 1 is 1.53 bits per heavy atom. The van der Waals surface area contributed by atoms with Crippen LogP contribution >= 0.6 is 0 Å². The van der Waals surface area contributed by atoms with Gasteiger partial charge in [-0.2, -0.15) is 0 Å². The molecule has 2 heterocycles. The summed E-state index contributed by atoms with van der Waals surface area (Å²) in [6.45, 7) is 1.68. The van der Waals surface area contributed by atoms with Crippen molar-refractivity contribution < 1.29 is 14.0 Å². The lowest BCUT2D eigenvalue weighted by Crippen LogP contribution is -2.38. The Hall–Kier alpha value is -2.57. The van der Waals surface area contributed by atoms with Gasteiger partial charge in [0, 0.05) is 12.4 Å². The third-order valence-electron chi connectivity index (χ3n) is 2.46. The highest BCUT2D eigenvalue weighted by Crippen LogP contribution is 2.04. The molecule has 3 N–H and O–H groups in total. The first kappa shape index (κ1) is 12.9.